The molecule has 0 radical (unpaired) electrons. The zero-order valence-electron chi connectivity index (χ0n) is 11.8. The third-order valence-corrected chi connectivity index (χ3v) is 3.94. The third-order valence-electron chi connectivity index (χ3n) is 3.94. The smallest absolute Gasteiger partial charge is 0.0399 e. The minimum Gasteiger partial charge on any atom is -0.371 e. The molecular weight excluding hydrogens is 220 g/mol. The molecule has 1 aliphatic rings. The normalized spacial score (nSPS) is 17.8. The van der Waals surface area contributed by atoms with Gasteiger partial charge < -0.3 is 10.6 Å². The first-order valence-corrected chi connectivity index (χ1v) is 7.30. The molecule has 1 unspecified atom stereocenters. The molecule has 1 fully saturated rings. The van der Waals surface area contributed by atoms with Crippen molar-refractivity contribution in [3.8, 4) is 0 Å². The minimum atomic E-state index is 0.287. The molecule has 0 aliphatic carbocycles. The minimum absolute atomic E-state index is 0.287. The maximum Gasteiger partial charge on any atom is 0.0399 e. The first-order valence-electron chi connectivity index (χ1n) is 7.30. The first-order chi connectivity index (χ1) is 8.70. The molecule has 0 spiro atoms. The molecule has 18 heavy (non-hydrogen) atoms. The summed E-state index contributed by atoms with van der Waals surface area (Å²) in [4.78, 5) is 2.54. The van der Waals surface area contributed by atoms with Gasteiger partial charge in [0.05, 0.1) is 0 Å². The fourth-order valence-corrected chi connectivity index (χ4v) is 2.75. The summed E-state index contributed by atoms with van der Waals surface area (Å²) in [7, 11) is 0. The standard InChI is InChI=1S/C16H26N2/c1-3-15(17)12-14-11-13(2)7-8-16(14)18-9-5-4-6-10-18/h7-8,11,15H,3-6,9-10,12,17H2,1-2H3. The van der Waals surface area contributed by atoms with E-state index in [1.807, 2.05) is 0 Å². The van der Waals surface area contributed by atoms with Crippen LogP contribution in [0.3, 0.4) is 0 Å². The summed E-state index contributed by atoms with van der Waals surface area (Å²) in [5.74, 6) is 0. The molecule has 0 amide bonds. The quantitative estimate of drug-likeness (QED) is 0.883. The summed E-state index contributed by atoms with van der Waals surface area (Å²) >= 11 is 0. The Morgan fingerprint density at radius 1 is 1.22 bits per heavy atom. The van der Waals surface area contributed by atoms with Crippen molar-refractivity contribution < 1.29 is 0 Å². The fourth-order valence-electron chi connectivity index (χ4n) is 2.75. The molecule has 2 N–H and O–H groups in total. The van der Waals surface area contributed by atoms with Crippen LogP contribution in [0.15, 0.2) is 18.2 Å². The van der Waals surface area contributed by atoms with Crippen LogP contribution in [-0.4, -0.2) is 19.1 Å². The van der Waals surface area contributed by atoms with Crippen LogP contribution in [0.25, 0.3) is 0 Å². The van der Waals surface area contributed by atoms with Gasteiger partial charge in [-0.15, -0.1) is 0 Å². The molecule has 1 aromatic carbocycles. The molecule has 1 heterocycles. The highest BCUT2D eigenvalue weighted by atomic mass is 15.1. The lowest BCUT2D eigenvalue weighted by Gasteiger charge is -2.31. The second-order valence-corrected chi connectivity index (χ2v) is 5.55. The van der Waals surface area contributed by atoms with E-state index in [0.717, 1.165) is 12.8 Å². The van der Waals surface area contributed by atoms with Gasteiger partial charge in [0.1, 0.15) is 0 Å². The van der Waals surface area contributed by atoms with Gasteiger partial charge in [0.15, 0.2) is 0 Å². The van der Waals surface area contributed by atoms with Gasteiger partial charge >= 0.3 is 0 Å². The average Bonchev–Trinajstić information content (AvgIpc) is 2.40. The fraction of sp³-hybridized carbons (Fsp3) is 0.625. The van der Waals surface area contributed by atoms with Crippen molar-refractivity contribution >= 4 is 5.69 Å². The predicted molar refractivity (Wildman–Crippen MR) is 79.2 cm³/mol. The molecule has 2 rings (SSSR count). The Labute approximate surface area is 111 Å². The number of nitrogens with two attached hydrogens (primary N) is 1. The summed E-state index contributed by atoms with van der Waals surface area (Å²) in [5, 5.41) is 0. The van der Waals surface area contributed by atoms with Gasteiger partial charge in [-0.1, -0.05) is 24.6 Å². The number of hydrogen-bond acceptors (Lipinski definition) is 2. The van der Waals surface area contributed by atoms with Crippen molar-refractivity contribution in [2.75, 3.05) is 18.0 Å². The predicted octanol–water partition coefficient (Wildman–Crippen LogP) is 3.27. The summed E-state index contributed by atoms with van der Waals surface area (Å²) in [6, 6.07) is 7.12. The molecule has 1 aliphatic heterocycles. The van der Waals surface area contributed by atoms with Crippen LogP contribution >= 0.6 is 0 Å². The van der Waals surface area contributed by atoms with Gasteiger partial charge in [-0.25, -0.2) is 0 Å². The van der Waals surface area contributed by atoms with E-state index in [0.29, 0.717) is 0 Å². The average molecular weight is 246 g/mol. The highest BCUT2D eigenvalue weighted by molar-refractivity contribution is 5.55. The molecule has 0 aromatic heterocycles. The van der Waals surface area contributed by atoms with E-state index in [-0.39, 0.29) is 6.04 Å². The second kappa shape index (κ2) is 6.24. The van der Waals surface area contributed by atoms with E-state index >= 15 is 0 Å². The van der Waals surface area contributed by atoms with Crippen molar-refractivity contribution in [3.63, 3.8) is 0 Å². The summed E-state index contributed by atoms with van der Waals surface area (Å²) in [5.41, 5.74) is 10.3. The molecule has 1 atom stereocenters. The summed E-state index contributed by atoms with van der Waals surface area (Å²) < 4.78 is 0. The molecule has 1 saturated heterocycles. The monoisotopic (exact) mass is 246 g/mol. The van der Waals surface area contributed by atoms with Crippen LogP contribution in [-0.2, 0) is 6.42 Å². The zero-order chi connectivity index (χ0) is 13.0. The van der Waals surface area contributed by atoms with Crippen molar-refractivity contribution in [2.45, 2.75) is 52.0 Å². The van der Waals surface area contributed by atoms with E-state index in [1.54, 1.807) is 0 Å². The van der Waals surface area contributed by atoms with Gasteiger partial charge in [-0.2, -0.15) is 0 Å². The lowest BCUT2D eigenvalue weighted by Crippen LogP contribution is -2.31. The lowest BCUT2D eigenvalue weighted by atomic mass is 9.99. The van der Waals surface area contributed by atoms with Crippen LogP contribution in [0.4, 0.5) is 5.69 Å². The van der Waals surface area contributed by atoms with Crippen molar-refractivity contribution in [1.82, 2.24) is 0 Å². The van der Waals surface area contributed by atoms with Crippen LogP contribution in [0.2, 0.25) is 0 Å². The number of nitrogens with zero attached hydrogens (tertiary/aromatic N) is 1. The van der Waals surface area contributed by atoms with Gasteiger partial charge in [0.25, 0.3) is 0 Å². The number of anilines is 1. The largest absolute Gasteiger partial charge is 0.371 e. The Morgan fingerprint density at radius 3 is 2.61 bits per heavy atom. The van der Waals surface area contributed by atoms with Gasteiger partial charge in [0, 0.05) is 24.8 Å². The van der Waals surface area contributed by atoms with Crippen LogP contribution in [0.5, 0.6) is 0 Å². The Hall–Kier alpha value is -1.02. The molecule has 2 nitrogen and oxygen atoms in total. The van der Waals surface area contributed by atoms with Crippen molar-refractivity contribution in [2.24, 2.45) is 5.73 Å². The van der Waals surface area contributed by atoms with Crippen molar-refractivity contribution in [3.05, 3.63) is 29.3 Å². The highest BCUT2D eigenvalue weighted by Gasteiger charge is 2.15. The van der Waals surface area contributed by atoms with Crippen molar-refractivity contribution in [1.29, 1.82) is 0 Å². The van der Waals surface area contributed by atoms with E-state index in [1.165, 1.54) is 49.2 Å². The highest BCUT2D eigenvalue weighted by Crippen LogP contribution is 2.26. The molecule has 0 saturated carbocycles. The SMILES string of the molecule is CCC(N)Cc1cc(C)ccc1N1CCCCC1. The Morgan fingerprint density at radius 2 is 1.94 bits per heavy atom. The molecular formula is C16H26N2. The number of benzene rings is 1. The van der Waals surface area contributed by atoms with Crippen LogP contribution < -0.4 is 10.6 Å². The zero-order valence-corrected chi connectivity index (χ0v) is 11.8. The molecule has 0 bridgehead atoms. The lowest BCUT2D eigenvalue weighted by molar-refractivity contribution is 0.573. The van der Waals surface area contributed by atoms with E-state index in [4.69, 9.17) is 5.73 Å². The van der Waals surface area contributed by atoms with Crippen LogP contribution in [0, 0.1) is 6.92 Å². The second-order valence-electron chi connectivity index (χ2n) is 5.55. The Kier molecular flexibility index (Phi) is 4.65. The van der Waals surface area contributed by atoms with Crippen LogP contribution in [0.1, 0.15) is 43.7 Å². The number of piperidine rings is 1. The van der Waals surface area contributed by atoms with E-state index in [9.17, 15) is 0 Å². The Bertz CT molecular complexity index is 381. The topological polar surface area (TPSA) is 29.3 Å². The number of hydrogen-bond donors (Lipinski definition) is 1. The van der Waals surface area contributed by atoms with Gasteiger partial charge in [0.2, 0.25) is 0 Å². The molecule has 100 valence electrons. The Balaban J connectivity index is 2.21. The first kappa shape index (κ1) is 13.4. The third kappa shape index (κ3) is 3.26. The number of aryl methyl sites for hydroxylation is 1. The molecule has 1 aromatic rings. The number of rotatable bonds is 4. The van der Waals surface area contributed by atoms with E-state index in [2.05, 4.69) is 36.9 Å². The summed E-state index contributed by atoms with van der Waals surface area (Å²) in [6.07, 6.45) is 6.09. The van der Waals surface area contributed by atoms with Gasteiger partial charge in [-0.05, 0) is 50.7 Å². The summed E-state index contributed by atoms with van der Waals surface area (Å²) in [6.45, 7) is 6.75. The molecule has 2 heteroatoms. The van der Waals surface area contributed by atoms with E-state index < -0.39 is 0 Å². The maximum atomic E-state index is 6.13. The van der Waals surface area contributed by atoms with Gasteiger partial charge in [-0.3, -0.25) is 0 Å². The maximum absolute atomic E-state index is 6.13.